The highest BCUT2D eigenvalue weighted by Crippen LogP contribution is 2.15. The Bertz CT molecular complexity index is 580. The highest BCUT2D eigenvalue weighted by atomic mass is 16.1. The molecule has 5 heteroatoms. The van der Waals surface area contributed by atoms with Crippen LogP contribution in [-0.4, -0.2) is 25.3 Å². The fourth-order valence-corrected chi connectivity index (χ4v) is 2.02. The van der Waals surface area contributed by atoms with Crippen molar-refractivity contribution in [1.82, 2.24) is 19.6 Å². The first-order valence-corrected chi connectivity index (χ1v) is 6.07. The molecule has 0 saturated carbocycles. The van der Waals surface area contributed by atoms with E-state index in [4.69, 9.17) is 0 Å². The van der Waals surface area contributed by atoms with Gasteiger partial charge in [0.25, 0.3) is 0 Å². The third kappa shape index (κ3) is 2.20. The largest absolute Gasteiger partial charge is 0.294 e. The number of carbonyl (C=O) groups is 1. The topological polar surface area (TPSA) is 52.7 Å². The maximum atomic E-state index is 12.2. The Morgan fingerprint density at radius 1 is 1.39 bits per heavy atom. The van der Waals surface area contributed by atoms with Crippen LogP contribution in [0.25, 0.3) is 0 Å². The Hall–Kier alpha value is -1.91. The molecule has 0 N–H and O–H groups in total. The first kappa shape index (κ1) is 12.5. The zero-order chi connectivity index (χ0) is 13.3. The number of hydrogen-bond donors (Lipinski definition) is 0. The second-order valence-electron chi connectivity index (χ2n) is 4.46. The Morgan fingerprint density at radius 3 is 2.61 bits per heavy atom. The summed E-state index contributed by atoms with van der Waals surface area (Å²) in [6, 6.07) is 0. The molecule has 2 aromatic rings. The standard InChI is InChI=1S/C13H18N4O/c1-5-17-8-11(7-14-17)13(18)6-12-9(2)15-16(4)10(12)3/h7-8H,5-6H2,1-4H3. The van der Waals surface area contributed by atoms with Gasteiger partial charge in [0, 0.05) is 37.5 Å². The summed E-state index contributed by atoms with van der Waals surface area (Å²) < 4.78 is 3.57. The van der Waals surface area contributed by atoms with E-state index in [1.54, 1.807) is 17.1 Å². The minimum absolute atomic E-state index is 0.0916. The summed E-state index contributed by atoms with van der Waals surface area (Å²) in [5, 5.41) is 8.44. The van der Waals surface area contributed by atoms with Crippen molar-refractivity contribution in [3.05, 3.63) is 34.9 Å². The number of ketones is 1. The van der Waals surface area contributed by atoms with Gasteiger partial charge in [0.05, 0.1) is 17.5 Å². The second kappa shape index (κ2) is 4.76. The van der Waals surface area contributed by atoms with Crippen LogP contribution in [0.4, 0.5) is 0 Å². The van der Waals surface area contributed by atoms with Gasteiger partial charge in [-0.15, -0.1) is 0 Å². The summed E-state index contributed by atoms with van der Waals surface area (Å²) >= 11 is 0. The lowest BCUT2D eigenvalue weighted by atomic mass is 10.0. The van der Waals surface area contributed by atoms with E-state index in [1.807, 2.05) is 32.5 Å². The zero-order valence-electron chi connectivity index (χ0n) is 11.3. The third-order valence-corrected chi connectivity index (χ3v) is 3.28. The van der Waals surface area contributed by atoms with Crippen LogP contribution in [0, 0.1) is 13.8 Å². The molecule has 2 rings (SSSR count). The zero-order valence-corrected chi connectivity index (χ0v) is 11.3. The van der Waals surface area contributed by atoms with Crippen molar-refractivity contribution >= 4 is 5.78 Å². The lowest BCUT2D eigenvalue weighted by Crippen LogP contribution is -2.05. The number of carbonyl (C=O) groups excluding carboxylic acids is 1. The number of nitrogens with zero attached hydrogens (tertiary/aromatic N) is 4. The number of hydrogen-bond acceptors (Lipinski definition) is 3. The highest BCUT2D eigenvalue weighted by molar-refractivity contribution is 5.97. The average Bonchev–Trinajstić information content (AvgIpc) is 2.90. The summed E-state index contributed by atoms with van der Waals surface area (Å²) in [5.74, 6) is 0.0916. The molecule has 18 heavy (non-hydrogen) atoms. The molecular formula is C13H18N4O. The molecule has 0 radical (unpaired) electrons. The van der Waals surface area contributed by atoms with Gasteiger partial charge >= 0.3 is 0 Å². The predicted octanol–water partition coefficient (Wildman–Crippen LogP) is 1.68. The summed E-state index contributed by atoms with van der Waals surface area (Å²) in [7, 11) is 1.89. The van der Waals surface area contributed by atoms with Crippen molar-refractivity contribution in [3.63, 3.8) is 0 Å². The molecule has 0 aromatic carbocycles. The normalized spacial score (nSPS) is 10.9. The molecule has 96 valence electrons. The average molecular weight is 246 g/mol. The van der Waals surface area contributed by atoms with E-state index in [-0.39, 0.29) is 5.78 Å². The van der Waals surface area contributed by atoms with Gasteiger partial charge in [-0.1, -0.05) is 0 Å². The van der Waals surface area contributed by atoms with E-state index >= 15 is 0 Å². The maximum absolute atomic E-state index is 12.2. The lowest BCUT2D eigenvalue weighted by Gasteiger charge is -2.00. The van der Waals surface area contributed by atoms with E-state index in [0.717, 1.165) is 23.5 Å². The minimum Gasteiger partial charge on any atom is -0.294 e. The number of aromatic nitrogens is 4. The van der Waals surface area contributed by atoms with Crippen LogP contribution in [0.5, 0.6) is 0 Å². The number of Topliss-reactive ketones (excluding diaryl/α,β-unsaturated/α-hetero) is 1. The molecule has 0 aliphatic heterocycles. The van der Waals surface area contributed by atoms with Crippen molar-refractivity contribution < 1.29 is 4.79 Å². The van der Waals surface area contributed by atoms with Gasteiger partial charge in [0.2, 0.25) is 0 Å². The molecule has 0 fully saturated rings. The van der Waals surface area contributed by atoms with Crippen LogP contribution in [0.15, 0.2) is 12.4 Å². The van der Waals surface area contributed by atoms with Gasteiger partial charge < -0.3 is 0 Å². The van der Waals surface area contributed by atoms with Gasteiger partial charge in [0.1, 0.15) is 0 Å². The summed E-state index contributed by atoms with van der Waals surface area (Å²) in [5.41, 5.74) is 3.65. The van der Waals surface area contributed by atoms with Gasteiger partial charge in [-0.2, -0.15) is 10.2 Å². The molecule has 0 bridgehead atoms. The molecule has 0 saturated heterocycles. The first-order chi connectivity index (χ1) is 8.52. The number of rotatable bonds is 4. The molecule has 2 heterocycles. The number of aryl methyl sites for hydroxylation is 3. The fraction of sp³-hybridized carbons (Fsp3) is 0.462. The predicted molar refractivity (Wildman–Crippen MR) is 68.6 cm³/mol. The smallest absolute Gasteiger partial charge is 0.170 e. The first-order valence-electron chi connectivity index (χ1n) is 6.07. The van der Waals surface area contributed by atoms with Crippen LogP contribution in [0.1, 0.15) is 34.2 Å². The van der Waals surface area contributed by atoms with Crippen LogP contribution in [0.2, 0.25) is 0 Å². The summed E-state index contributed by atoms with van der Waals surface area (Å²) in [4.78, 5) is 12.2. The maximum Gasteiger partial charge on any atom is 0.170 e. The summed E-state index contributed by atoms with van der Waals surface area (Å²) in [6.07, 6.45) is 3.82. The van der Waals surface area contributed by atoms with Crippen molar-refractivity contribution in [3.8, 4) is 0 Å². The van der Waals surface area contributed by atoms with E-state index in [9.17, 15) is 4.79 Å². The fourth-order valence-electron chi connectivity index (χ4n) is 2.02. The SMILES string of the molecule is CCn1cc(C(=O)Cc2c(C)nn(C)c2C)cn1. The summed E-state index contributed by atoms with van der Waals surface area (Å²) in [6.45, 7) is 6.69. The van der Waals surface area contributed by atoms with Gasteiger partial charge in [-0.25, -0.2) is 0 Å². The van der Waals surface area contributed by atoms with Crippen molar-refractivity contribution in [2.75, 3.05) is 0 Å². The van der Waals surface area contributed by atoms with Crippen molar-refractivity contribution in [2.45, 2.75) is 33.7 Å². The third-order valence-electron chi connectivity index (χ3n) is 3.28. The molecule has 0 aliphatic carbocycles. The van der Waals surface area contributed by atoms with Crippen LogP contribution in [0.3, 0.4) is 0 Å². The molecule has 5 nitrogen and oxygen atoms in total. The van der Waals surface area contributed by atoms with Crippen LogP contribution < -0.4 is 0 Å². The highest BCUT2D eigenvalue weighted by Gasteiger charge is 2.15. The Morgan fingerprint density at radius 2 is 2.11 bits per heavy atom. The van der Waals surface area contributed by atoms with Crippen LogP contribution in [-0.2, 0) is 20.0 Å². The molecule has 0 aliphatic rings. The van der Waals surface area contributed by atoms with Gasteiger partial charge in [-0.3, -0.25) is 14.2 Å². The van der Waals surface area contributed by atoms with Gasteiger partial charge in [-0.05, 0) is 20.8 Å². The van der Waals surface area contributed by atoms with Crippen molar-refractivity contribution in [2.24, 2.45) is 7.05 Å². The van der Waals surface area contributed by atoms with E-state index in [0.29, 0.717) is 12.0 Å². The molecule has 0 amide bonds. The quantitative estimate of drug-likeness (QED) is 0.771. The van der Waals surface area contributed by atoms with Crippen molar-refractivity contribution in [1.29, 1.82) is 0 Å². The second-order valence-corrected chi connectivity index (χ2v) is 4.46. The monoisotopic (exact) mass is 246 g/mol. The Balaban J connectivity index is 2.21. The van der Waals surface area contributed by atoms with Gasteiger partial charge in [0.15, 0.2) is 5.78 Å². The minimum atomic E-state index is 0.0916. The Labute approximate surface area is 106 Å². The van der Waals surface area contributed by atoms with Crippen LogP contribution >= 0.6 is 0 Å². The molecule has 0 spiro atoms. The van der Waals surface area contributed by atoms with E-state index in [1.165, 1.54) is 0 Å². The molecule has 2 aromatic heterocycles. The molecular weight excluding hydrogens is 228 g/mol. The lowest BCUT2D eigenvalue weighted by molar-refractivity contribution is 0.0992. The van der Waals surface area contributed by atoms with E-state index in [2.05, 4.69) is 10.2 Å². The molecule has 0 unspecified atom stereocenters. The molecule has 0 atom stereocenters. The Kier molecular flexibility index (Phi) is 3.32. The van der Waals surface area contributed by atoms with E-state index < -0.39 is 0 Å².